The number of pyridine rings is 1. The fourth-order valence-corrected chi connectivity index (χ4v) is 3.52. The Balaban J connectivity index is 1.59. The largest absolute Gasteiger partial charge is 0.383 e. The Morgan fingerprint density at radius 1 is 1.04 bits per heavy atom. The predicted octanol–water partition coefficient (Wildman–Crippen LogP) is 5.94. The van der Waals surface area contributed by atoms with E-state index >= 15 is 0 Å². The normalized spacial score (nSPS) is 13.8. The third kappa shape index (κ3) is 5.48. The molecule has 26 heavy (non-hydrogen) atoms. The molecule has 0 saturated heterocycles. The van der Waals surface area contributed by atoms with Crippen LogP contribution in [0.1, 0.15) is 42.5 Å². The van der Waals surface area contributed by atoms with Crippen molar-refractivity contribution >= 4 is 40.5 Å². The number of nitrogens with one attached hydrogen (secondary N) is 2. The second-order valence-corrected chi connectivity index (χ2v) is 7.23. The van der Waals surface area contributed by atoms with Crippen LogP contribution in [0.5, 0.6) is 0 Å². The van der Waals surface area contributed by atoms with Gasteiger partial charge in [0.25, 0.3) is 5.91 Å². The number of halogens is 2. The smallest absolute Gasteiger partial charge is 0.257 e. The molecule has 0 aliphatic heterocycles. The van der Waals surface area contributed by atoms with E-state index in [0.29, 0.717) is 21.3 Å². The minimum atomic E-state index is -0.255. The molecule has 1 aliphatic carbocycles. The Hall–Kier alpha value is -2.04. The summed E-state index contributed by atoms with van der Waals surface area (Å²) in [5.74, 6) is -0.255. The van der Waals surface area contributed by atoms with Crippen LogP contribution in [0.15, 0.2) is 48.3 Å². The molecule has 1 aromatic carbocycles. The average Bonchev–Trinajstić information content (AvgIpc) is 2.62. The summed E-state index contributed by atoms with van der Waals surface area (Å²) in [7, 11) is 0. The molecule has 1 amide bonds. The van der Waals surface area contributed by atoms with Crippen LogP contribution in [-0.2, 0) is 0 Å². The topological polar surface area (TPSA) is 54.0 Å². The Kier molecular flexibility index (Phi) is 6.53. The number of benzene rings is 1. The summed E-state index contributed by atoms with van der Waals surface area (Å²) < 4.78 is 0. The van der Waals surface area contributed by atoms with Crippen molar-refractivity contribution in [1.82, 2.24) is 4.98 Å². The Labute approximate surface area is 163 Å². The van der Waals surface area contributed by atoms with E-state index in [1.807, 2.05) is 0 Å². The Morgan fingerprint density at radius 2 is 1.85 bits per heavy atom. The number of hydrogen-bond donors (Lipinski definition) is 2. The molecular formula is C20H21Cl2N3O. The zero-order chi connectivity index (χ0) is 18.4. The molecule has 1 aromatic heterocycles. The summed E-state index contributed by atoms with van der Waals surface area (Å²) in [6.07, 6.45) is 11.6. The molecule has 2 N–H and O–H groups in total. The zero-order valence-electron chi connectivity index (χ0n) is 14.4. The van der Waals surface area contributed by atoms with Crippen molar-refractivity contribution in [2.24, 2.45) is 0 Å². The zero-order valence-corrected chi connectivity index (χ0v) is 15.9. The SMILES string of the molecule is O=C(Nc1cc(Cl)cc(Cl)c1)c1cncc(NCCC2=CCCCC2)c1. The van der Waals surface area contributed by atoms with Crippen LogP contribution in [0, 0.1) is 0 Å². The monoisotopic (exact) mass is 389 g/mol. The number of anilines is 2. The van der Waals surface area contributed by atoms with Crippen LogP contribution in [0.2, 0.25) is 10.0 Å². The van der Waals surface area contributed by atoms with Crippen molar-refractivity contribution in [2.75, 3.05) is 17.2 Å². The van der Waals surface area contributed by atoms with Gasteiger partial charge in [0.2, 0.25) is 0 Å². The standard InChI is InChI=1S/C20H21Cl2N3O/c21-16-9-17(22)11-18(10-16)25-20(26)15-8-19(13-23-12-15)24-7-6-14-4-2-1-3-5-14/h4,8-13,24H,1-3,5-7H2,(H,25,26). The van der Waals surface area contributed by atoms with E-state index in [0.717, 1.165) is 18.7 Å². The number of nitrogens with zero attached hydrogens (tertiary/aromatic N) is 1. The summed E-state index contributed by atoms with van der Waals surface area (Å²) in [6.45, 7) is 0.836. The maximum Gasteiger partial charge on any atom is 0.257 e. The number of amides is 1. The van der Waals surface area contributed by atoms with E-state index in [1.165, 1.54) is 37.5 Å². The molecule has 136 valence electrons. The van der Waals surface area contributed by atoms with E-state index in [2.05, 4.69) is 21.7 Å². The van der Waals surface area contributed by atoms with Crippen molar-refractivity contribution in [1.29, 1.82) is 0 Å². The van der Waals surface area contributed by atoms with Crippen LogP contribution in [0.3, 0.4) is 0 Å². The van der Waals surface area contributed by atoms with Crippen molar-refractivity contribution in [2.45, 2.75) is 32.1 Å². The summed E-state index contributed by atoms with van der Waals surface area (Å²) in [6, 6.07) is 6.72. The first-order chi connectivity index (χ1) is 12.6. The lowest BCUT2D eigenvalue weighted by Gasteiger charge is -2.13. The van der Waals surface area contributed by atoms with Gasteiger partial charge in [-0.3, -0.25) is 9.78 Å². The first kappa shape index (κ1) is 18.7. The molecule has 2 aromatic rings. The Bertz CT molecular complexity index is 800. The maximum atomic E-state index is 12.4. The summed E-state index contributed by atoms with van der Waals surface area (Å²) in [5.41, 5.74) is 3.37. The molecule has 0 saturated carbocycles. The van der Waals surface area contributed by atoms with Gasteiger partial charge in [-0.05, 0) is 56.4 Å². The van der Waals surface area contributed by atoms with Crippen molar-refractivity contribution in [3.8, 4) is 0 Å². The average molecular weight is 390 g/mol. The quantitative estimate of drug-likeness (QED) is 0.600. The second-order valence-electron chi connectivity index (χ2n) is 6.36. The fourth-order valence-electron chi connectivity index (χ4n) is 2.99. The van der Waals surface area contributed by atoms with E-state index in [4.69, 9.17) is 23.2 Å². The van der Waals surface area contributed by atoms with Crippen molar-refractivity contribution < 1.29 is 4.79 Å². The third-order valence-electron chi connectivity index (χ3n) is 4.28. The van der Waals surface area contributed by atoms with E-state index in [-0.39, 0.29) is 5.91 Å². The highest BCUT2D eigenvalue weighted by Crippen LogP contribution is 2.23. The molecule has 3 rings (SSSR count). The number of carbonyl (C=O) groups excluding carboxylic acids is 1. The number of rotatable bonds is 6. The maximum absolute atomic E-state index is 12.4. The number of allylic oxidation sites excluding steroid dienone is 1. The molecule has 6 heteroatoms. The molecule has 0 radical (unpaired) electrons. The van der Waals surface area contributed by atoms with Gasteiger partial charge >= 0.3 is 0 Å². The van der Waals surface area contributed by atoms with Gasteiger partial charge in [-0.1, -0.05) is 34.9 Å². The van der Waals surface area contributed by atoms with E-state index in [1.54, 1.807) is 30.5 Å². The summed E-state index contributed by atoms with van der Waals surface area (Å²) in [5, 5.41) is 7.08. The lowest BCUT2D eigenvalue weighted by molar-refractivity contribution is 0.102. The first-order valence-corrected chi connectivity index (χ1v) is 9.50. The van der Waals surface area contributed by atoms with Gasteiger partial charge in [0, 0.05) is 34.7 Å². The molecule has 1 aliphatic rings. The molecule has 0 bridgehead atoms. The summed E-state index contributed by atoms with van der Waals surface area (Å²) in [4.78, 5) is 16.6. The van der Waals surface area contributed by atoms with Gasteiger partial charge in [0.15, 0.2) is 0 Å². The molecule has 4 nitrogen and oxygen atoms in total. The third-order valence-corrected chi connectivity index (χ3v) is 4.72. The van der Waals surface area contributed by atoms with Crippen LogP contribution in [0.25, 0.3) is 0 Å². The van der Waals surface area contributed by atoms with Gasteiger partial charge in [-0.15, -0.1) is 0 Å². The van der Waals surface area contributed by atoms with Gasteiger partial charge in [-0.2, -0.15) is 0 Å². The summed E-state index contributed by atoms with van der Waals surface area (Å²) >= 11 is 11.9. The van der Waals surface area contributed by atoms with Crippen molar-refractivity contribution in [3.63, 3.8) is 0 Å². The molecule has 1 heterocycles. The number of aromatic nitrogens is 1. The lowest BCUT2D eigenvalue weighted by Crippen LogP contribution is -2.13. The van der Waals surface area contributed by atoms with Crippen LogP contribution in [-0.4, -0.2) is 17.4 Å². The van der Waals surface area contributed by atoms with Crippen LogP contribution in [0.4, 0.5) is 11.4 Å². The molecule has 0 unspecified atom stereocenters. The number of carbonyl (C=O) groups is 1. The van der Waals surface area contributed by atoms with Gasteiger partial charge in [-0.25, -0.2) is 0 Å². The molecular weight excluding hydrogens is 369 g/mol. The van der Waals surface area contributed by atoms with Crippen molar-refractivity contribution in [3.05, 3.63) is 63.9 Å². The van der Waals surface area contributed by atoms with Gasteiger partial charge < -0.3 is 10.6 Å². The highest BCUT2D eigenvalue weighted by atomic mass is 35.5. The van der Waals surface area contributed by atoms with Crippen LogP contribution < -0.4 is 10.6 Å². The Morgan fingerprint density at radius 3 is 2.58 bits per heavy atom. The minimum absolute atomic E-state index is 0.255. The van der Waals surface area contributed by atoms with Gasteiger partial charge in [0.05, 0.1) is 11.3 Å². The van der Waals surface area contributed by atoms with E-state index < -0.39 is 0 Å². The van der Waals surface area contributed by atoms with Crippen LogP contribution >= 0.6 is 23.2 Å². The fraction of sp³-hybridized carbons (Fsp3) is 0.300. The molecule has 0 spiro atoms. The minimum Gasteiger partial charge on any atom is -0.383 e. The first-order valence-electron chi connectivity index (χ1n) is 8.74. The predicted molar refractivity (Wildman–Crippen MR) is 108 cm³/mol. The highest BCUT2D eigenvalue weighted by Gasteiger charge is 2.09. The van der Waals surface area contributed by atoms with E-state index in [9.17, 15) is 4.79 Å². The van der Waals surface area contributed by atoms with Gasteiger partial charge in [0.1, 0.15) is 0 Å². The molecule has 0 atom stereocenters. The molecule has 0 fully saturated rings. The second kappa shape index (κ2) is 9.06. The highest BCUT2D eigenvalue weighted by molar-refractivity contribution is 6.35. The number of hydrogen-bond acceptors (Lipinski definition) is 3. The lowest BCUT2D eigenvalue weighted by atomic mass is 9.97.